The van der Waals surface area contributed by atoms with Gasteiger partial charge in [-0.25, -0.2) is 4.98 Å². The highest BCUT2D eigenvalue weighted by Gasteiger charge is 2.11. The number of imidazole rings is 1. The highest BCUT2D eigenvalue weighted by molar-refractivity contribution is 5.98. The summed E-state index contributed by atoms with van der Waals surface area (Å²) in [5.74, 6) is 0.836. The van der Waals surface area contributed by atoms with E-state index >= 15 is 0 Å². The number of H-pyrrole nitrogens is 1. The van der Waals surface area contributed by atoms with E-state index in [1.54, 1.807) is 12.4 Å². The van der Waals surface area contributed by atoms with Crippen molar-refractivity contribution in [3.8, 4) is 0 Å². The number of aryl methyl sites for hydroxylation is 1. The molecule has 0 bridgehead atoms. The molecule has 1 aromatic carbocycles. The SMILES string of the molecule is CCc1ccccc1C(=O)Cc1ncc[nH]1. The number of rotatable bonds is 4. The van der Waals surface area contributed by atoms with E-state index in [1.165, 1.54) is 0 Å². The van der Waals surface area contributed by atoms with Crippen molar-refractivity contribution in [2.24, 2.45) is 0 Å². The molecule has 3 heteroatoms. The van der Waals surface area contributed by atoms with Crippen molar-refractivity contribution >= 4 is 5.78 Å². The lowest BCUT2D eigenvalue weighted by atomic mass is 10.00. The third-order valence-electron chi connectivity index (χ3n) is 2.58. The molecule has 0 amide bonds. The third-order valence-corrected chi connectivity index (χ3v) is 2.58. The normalized spacial score (nSPS) is 10.3. The number of benzene rings is 1. The second kappa shape index (κ2) is 4.75. The molecule has 0 unspecified atom stereocenters. The first-order valence-electron chi connectivity index (χ1n) is 5.40. The summed E-state index contributed by atoms with van der Waals surface area (Å²) in [5, 5.41) is 0. The molecule has 0 saturated carbocycles. The monoisotopic (exact) mass is 214 g/mol. The summed E-state index contributed by atoms with van der Waals surface area (Å²) < 4.78 is 0. The molecule has 0 aliphatic heterocycles. The largest absolute Gasteiger partial charge is 0.348 e. The molecule has 3 nitrogen and oxygen atoms in total. The number of hydrogen-bond donors (Lipinski definition) is 1. The quantitative estimate of drug-likeness (QED) is 0.794. The van der Waals surface area contributed by atoms with Gasteiger partial charge in [0.2, 0.25) is 0 Å². The summed E-state index contributed by atoms with van der Waals surface area (Å²) >= 11 is 0. The Morgan fingerprint density at radius 1 is 1.38 bits per heavy atom. The summed E-state index contributed by atoms with van der Waals surface area (Å²) in [6.07, 6.45) is 4.60. The van der Waals surface area contributed by atoms with Crippen molar-refractivity contribution in [1.82, 2.24) is 9.97 Å². The molecule has 0 radical (unpaired) electrons. The van der Waals surface area contributed by atoms with Gasteiger partial charge >= 0.3 is 0 Å². The minimum atomic E-state index is 0.118. The van der Waals surface area contributed by atoms with E-state index in [0.29, 0.717) is 6.42 Å². The lowest BCUT2D eigenvalue weighted by Gasteiger charge is -2.05. The van der Waals surface area contributed by atoms with Crippen molar-refractivity contribution < 1.29 is 4.79 Å². The zero-order valence-electron chi connectivity index (χ0n) is 9.23. The Morgan fingerprint density at radius 3 is 2.88 bits per heavy atom. The van der Waals surface area contributed by atoms with E-state index in [1.807, 2.05) is 24.3 Å². The Balaban J connectivity index is 2.21. The van der Waals surface area contributed by atoms with Gasteiger partial charge in [-0.1, -0.05) is 31.2 Å². The van der Waals surface area contributed by atoms with Crippen LogP contribution >= 0.6 is 0 Å². The lowest BCUT2D eigenvalue weighted by Crippen LogP contribution is -2.07. The molecule has 0 aliphatic rings. The number of carbonyl (C=O) groups is 1. The van der Waals surface area contributed by atoms with Crippen molar-refractivity contribution in [2.45, 2.75) is 19.8 Å². The maximum atomic E-state index is 12.0. The van der Waals surface area contributed by atoms with Crippen LogP contribution < -0.4 is 0 Å². The topological polar surface area (TPSA) is 45.8 Å². The van der Waals surface area contributed by atoms with Crippen LogP contribution in [0.25, 0.3) is 0 Å². The van der Waals surface area contributed by atoms with E-state index in [0.717, 1.165) is 23.4 Å². The first-order valence-corrected chi connectivity index (χ1v) is 5.40. The van der Waals surface area contributed by atoms with E-state index in [9.17, 15) is 4.79 Å². The van der Waals surface area contributed by atoms with Crippen molar-refractivity contribution in [3.05, 3.63) is 53.6 Å². The van der Waals surface area contributed by atoms with Crippen LogP contribution in [0.4, 0.5) is 0 Å². The standard InChI is InChI=1S/C13H14N2O/c1-2-10-5-3-4-6-11(10)12(16)9-13-14-7-8-15-13/h3-8H,2,9H2,1H3,(H,14,15). The molecule has 2 aromatic rings. The van der Waals surface area contributed by atoms with Gasteiger partial charge in [0.05, 0.1) is 6.42 Å². The van der Waals surface area contributed by atoms with Gasteiger partial charge < -0.3 is 4.98 Å². The number of Topliss-reactive ketones (excluding diaryl/α,β-unsaturated/α-hetero) is 1. The van der Waals surface area contributed by atoms with Crippen LogP contribution in [0, 0.1) is 0 Å². The number of carbonyl (C=O) groups excluding carboxylic acids is 1. The Morgan fingerprint density at radius 2 is 2.19 bits per heavy atom. The molecule has 1 heterocycles. The Bertz CT molecular complexity index is 474. The molecular weight excluding hydrogens is 200 g/mol. The second-order valence-corrected chi connectivity index (χ2v) is 3.65. The van der Waals surface area contributed by atoms with E-state index in [-0.39, 0.29) is 5.78 Å². The van der Waals surface area contributed by atoms with Gasteiger partial charge in [0.1, 0.15) is 5.82 Å². The molecule has 2 rings (SSSR count). The highest BCUT2D eigenvalue weighted by atomic mass is 16.1. The maximum Gasteiger partial charge on any atom is 0.170 e. The number of aromatic nitrogens is 2. The van der Waals surface area contributed by atoms with Gasteiger partial charge in [-0.05, 0) is 12.0 Å². The summed E-state index contributed by atoms with van der Waals surface area (Å²) in [6.45, 7) is 2.05. The van der Waals surface area contributed by atoms with Crippen molar-refractivity contribution in [1.29, 1.82) is 0 Å². The zero-order chi connectivity index (χ0) is 11.4. The smallest absolute Gasteiger partial charge is 0.170 e. The van der Waals surface area contributed by atoms with Gasteiger partial charge in [-0.3, -0.25) is 4.79 Å². The molecule has 0 saturated heterocycles. The third kappa shape index (κ3) is 2.19. The number of hydrogen-bond acceptors (Lipinski definition) is 2. The Labute approximate surface area is 94.5 Å². The van der Waals surface area contributed by atoms with Crippen molar-refractivity contribution in [3.63, 3.8) is 0 Å². The van der Waals surface area contributed by atoms with Crippen LogP contribution in [0.5, 0.6) is 0 Å². The van der Waals surface area contributed by atoms with Gasteiger partial charge in [-0.15, -0.1) is 0 Å². The summed E-state index contributed by atoms with van der Waals surface area (Å²) in [4.78, 5) is 19.0. The number of ketones is 1. The van der Waals surface area contributed by atoms with Crippen LogP contribution in [0.2, 0.25) is 0 Å². The fourth-order valence-corrected chi connectivity index (χ4v) is 1.74. The van der Waals surface area contributed by atoms with E-state index < -0.39 is 0 Å². The molecule has 0 spiro atoms. The average Bonchev–Trinajstić information content (AvgIpc) is 2.81. The van der Waals surface area contributed by atoms with Crippen LogP contribution in [-0.4, -0.2) is 15.8 Å². The molecule has 1 N–H and O–H groups in total. The molecule has 82 valence electrons. The summed E-state index contributed by atoms with van der Waals surface area (Å²) in [5.41, 5.74) is 1.90. The minimum Gasteiger partial charge on any atom is -0.348 e. The van der Waals surface area contributed by atoms with Gasteiger partial charge in [0.15, 0.2) is 5.78 Å². The lowest BCUT2D eigenvalue weighted by molar-refractivity contribution is 0.0990. The van der Waals surface area contributed by atoms with Gasteiger partial charge in [-0.2, -0.15) is 0 Å². The predicted octanol–water partition coefficient (Wildman–Crippen LogP) is 2.40. The number of aromatic amines is 1. The molecule has 0 atom stereocenters. The second-order valence-electron chi connectivity index (χ2n) is 3.65. The van der Waals surface area contributed by atoms with Crippen LogP contribution in [-0.2, 0) is 12.8 Å². The average molecular weight is 214 g/mol. The molecule has 0 fully saturated rings. The first-order chi connectivity index (χ1) is 7.81. The van der Waals surface area contributed by atoms with Crippen LogP contribution in [0.15, 0.2) is 36.7 Å². The van der Waals surface area contributed by atoms with Crippen LogP contribution in [0.1, 0.15) is 28.7 Å². The van der Waals surface area contributed by atoms with Gasteiger partial charge in [0, 0.05) is 18.0 Å². The van der Waals surface area contributed by atoms with Crippen molar-refractivity contribution in [2.75, 3.05) is 0 Å². The molecule has 16 heavy (non-hydrogen) atoms. The fraction of sp³-hybridized carbons (Fsp3) is 0.231. The number of nitrogens with zero attached hydrogens (tertiary/aromatic N) is 1. The minimum absolute atomic E-state index is 0.118. The highest BCUT2D eigenvalue weighted by Crippen LogP contribution is 2.12. The fourth-order valence-electron chi connectivity index (χ4n) is 1.74. The van der Waals surface area contributed by atoms with E-state index in [4.69, 9.17) is 0 Å². The van der Waals surface area contributed by atoms with E-state index in [2.05, 4.69) is 16.9 Å². The van der Waals surface area contributed by atoms with Gasteiger partial charge in [0.25, 0.3) is 0 Å². The summed E-state index contributed by atoms with van der Waals surface area (Å²) in [7, 11) is 0. The summed E-state index contributed by atoms with van der Waals surface area (Å²) in [6, 6.07) is 7.73. The van der Waals surface area contributed by atoms with Crippen LogP contribution in [0.3, 0.4) is 0 Å². The molecule has 1 aromatic heterocycles. The maximum absolute atomic E-state index is 12.0. The molecule has 0 aliphatic carbocycles. The Kier molecular flexibility index (Phi) is 3.15. The Hall–Kier alpha value is -1.90. The number of nitrogens with one attached hydrogen (secondary N) is 1. The molecular formula is C13H14N2O. The first kappa shape index (κ1) is 10.6. The zero-order valence-corrected chi connectivity index (χ0v) is 9.23. The predicted molar refractivity (Wildman–Crippen MR) is 62.4 cm³/mol.